The molecule has 2 rings (SSSR count). The summed E-state index contributed by atoms with van der Waals surface area (Å²) in [6.45, 7) is 8.44. The van der Waals surface area contributed by atoms with Crippen molar-refractivity contribution in [2.45, 2.75) is 43.5 Å². The van der Waals surface area contributed by atoms with Crippen molar-refractivity contribution in [3.63, 3.8) is 0 Å². The van der Waals surface area contributed by atoms with Crippen molar-refractivity contribution < 1.29 is 4.74 Å². The van der Waals surface area contributed by atoms with Crippen LogP contribution in [0.2, 0.25) is 0 Å². The Labute approximate surface area is 121 Å². The van der Waals surface area contributed by atoms with Crippen LogP contribution in [0.3, 0.4) is 0 Å². The van der Waals surface area contributed by atoms with Crippen LogP contribution >= 0.6 is 11.8 Å². The molecule has 0 aliphatic carbocycles. The highest BCUT2D eigenvalue weighted by atomic mass is 32.2. The first-order valence-electron chi connectivity index (χ1n) is 7.03. The molecule has 0 bridgehead atoms. The highest BCUT2D eigenvalue weighted by Crippen LogP contribution is 2.27. The van der Waals surface area contributed by atoms with E-state index >= 15 is 0 Å². The lowest BCUT2D eigenvalue weighted by Crippen LogP contribution is -2.32. The van der Waals surface area contributed by atoms with E-state index in [0.29, 0.717) is 5.92 Å². The van der Waals surface area contributed by atoms with Gasteiger partial charge in [-0.3, -0.25) is 0 Å². The summed E-state index contributed by atoms with van der Waals surface area (Å²) in [5.41, 5.74) is 7.83. The Balaban J connectivity index is 1.86. The molecule has 1 heterocycles. The number of hydrogen-bond acceptors (Lipinski definition) is 3. The summed E-state index contributed by atoms with van der Waals surface area (Å²) in [5, 5.41) is 0. The summed E-state index contributed by atoms with van der Waals surface area (Å²) in [5.74, 6) is 1.52. The second-order valence-corrected chi connectivity index (χ2v) is 7.47. The van der Waals surface area contributed by atoms with Crippen LogP contribution < -0.4 is 5.73 Å². The third-order valence-corrected chi connectivity index (χ3v) is 4.89. The maximum atomic E-state index is 6.23. The van der Waals surface area contributed by atoms with Gasteiger partial charge in [-0.25, -0.2) is 0 Å². The second-order valence-electron chi connectivity index (χ2n) is 6.37. The highest BCUT2D eigenvalue weighted by Gasteiger charge is 2.22. The van der Waals surface area contributed by atoms with Gasteiger partial charge in [0.15, 0.2) is 0 Å². The topological polar surface area (TPSA) is 35.2 Å². The minimum Gasteiger partial charge on any atom is -0.381 e. The predicted octanol–water partition coefficient (Wildman–Crippen LogP) is 3.44. The molecule has 0 radical (unpaired) electrons. The Morgan fingerprint density at radius 3 is 2.53 bits per heavy atom. The number of benzene rings is 1. The van der Waals surface area contributed by atoms with Gasteiger partial charge in [-0.1, -0.05) is 32.9 Å². The first-order chi connectivity index (χ1) is 8.97. The first-order valence-corrected chi connectivity index (χ1v) is 8.02. The van der Waals surface area contributed by atoms with Gasteiger partial charge >= 0.3 is 0 Å². The molecule has 2 nitrogen and oxygen atoms in total. The predicted molar refractivity (Wildman–Crippen MR) is 82.8 cm³/mol. The molecule has 2 unspecified atom stereocenters. The van der Waals surface area contributed by atoms with Crippen molar-refractivity contribution in [2.24, 2.45) is 11.7 Å². The Kier molecular flexibility index (Phi) is 4.93. The molecule has 0 aromatic heterocycles. The van der Waals surface area contributed by atoms with E-state index in [1.54, 1.807) is 0 Å². The molecule has 0 spiro atoms. The van der Waals surface area contributed by atoms with Crippen molar-refractivity contribution in [2.75, 3.05) is 19.0 Å². The van der Waals surface area contributed by atoms with Crippen LogP contribution in [0.25, 0.3) is 0 Å². The lowest BCUT2D eigenvalue weighted by molar-refractivity contribution is 0.182. The van der Waals surface area contributed by atoms with Gasteiger partial charge in [0.25, 0.3) is 0 Å². The van der Waals surface area contributed by atoms with Crippen molar-refractivity contribution in [3.8, 4) is 0 Å². The quantitative estimate of drug-likeness (QED) is 0.858. The molecule has 0 saturated carbocycles. The van der Waals surface area contributed by atoms with Gasteiger partial charge in [-0.2, -0.15) is 0 Å². The number of hydrogen-bond donors (Lipinski definition) is 1. The van der Waals surface area contributed by atoms with Crippen LogP contribution in [0.15, 0.2) is 29.2 Å². The van der Waals surface area contributed by atoms with Gasteiger partial charge in [-0.15, -0.1) is 11.8 Å². The Morgan fingerprint density at radius 1 is 1.32 bits per heavy atom. The van der Waals surface area contributed by atoms with E-state index in [-0.39, 0.29) is 11.5 Å². The average molecular weight is 279 g/mol. The zero-order valence-electron chi connectivity index (χ0n) is 12.2. The zero-order chi connectivity index (χ0) is 13.9. The van der Waals surface area contributed by atoms with Gasteiger partial charge in [0, 0.05) is 29.2 Å². The fourth-order valence-electron chi connectivity index (χ4n) is 2.27. The summed E-state index contributed by atoms with van der Waals surface area (Å²) < 4.78 is 5.39. The molecule has 2 N–H and O–H groups in total. The molecule has 3 heteroatoms. The lowest BCUT2D eigenvalue weighted by Gasteiger charge is -2.20. The van der Waals surface area contributed by atoms with E-state index in [9.17, 15) is 0 Å². The molecule has 1 aliphatic heterocycles. The molecule has 1 saturated heterocycles. The summed E-state index contributed by atoms with van der Waals surface area (Å²) in [6, 6.07) is 9.13. The Hall–Kier alpha value is -0.510. The van der Waals surface area contributed by atoms with Crippen molar-refractivity contribution >= 4 is 11.8 Å². The molecule has 1 aromatic rings. The maximum Gasteiger partial charge on any atom is 0.0510 e. The molecule has 1 aliphatic rings. The van der Waals surface area contributed by atoms with Crippen LogP contribution in [0.5, 0.6) is 0 Å². The largest absolute Gasteiger partial charge is 0.381 e. The van der Waals surface area contributed by atoms with E-state index in [1.165, 1.54) is 10.5 Å². The number of ether oxygens (including phenoxy) is 1. The summed E-state index contributed by atoms with van der Waals surface area (Å²) in [6.07, 6.45) is 1.12. The lowest BCUT2D eigenvalue weighted by atomic mass is 9.87. The third-order valence-electron chi connectivity index (χ3n) is 3.73. The SMILES string of the molecule is CC(C)(C)c1ccc(SCC(N)C2CCOC2)cc1. The molecule has 2 atom stereocenters. The van der Waals surface area contributed by atoms with Gasteiger partial charge in [0.05, 0.1) is 6.61 Å². The highest BCUT2D eigenvalue weighted by molar-refractivity contribution is 7.99. The summed E-state index contributed by atoms with van der Waals surface area (Å²) >= 11 is 1.85. The molecular weight excluding hydrogens is 254 g/mol. The minimum atomic E-state index is 0.223. The Morgan fingerprint density at radius 2 is 2.00 bits per heavy atom. The number of rotatable bonds is 4. The van der Waals surface area contributed by atoms with E-state index < -0.39 is 0 Å². The third kappa shape index (κ3) is 4.23. The normalized spacial score (nSPS) is 21.6. The summed E-state index contributed by atoms with van der Waals surface area (Å²) in [4.78, 5) is 1.31. The van der Waals surface area contributed by atoms with E-state index in [0.717, 1.165) is 25.4 Å². The van der Waals surface area contributed by atoms with E-state index in [2.05, 4.69) is 45.0 Å². The molecular formula is C16H25NOS. The van der Waals surface area contributed by atoms with Crippen molar-refractivity contribution in [1.29, 1.82) is 0 Å². The minimum absolute atomic E-state index is 0.223. The van der Waals surface area contributed by atoms with Crippen LogP contribution in [-0.2, 0) is 10.2 Å². The van der Waals surface area contributed by atoms with Gasteiger partial charge in [-0.05, 0) is 29.5 Å². The van der Waals surface area contributed by atoms with Crippen molar-refractivity contribution in [3.05, 3.63) is 29.8 Å². The monoisotopic (exact) mass is 279 g/mol. The fraction of sp³-hybridized carbons (Fsp3) is 0.625. The standard InChI is InChI=1S/C16H25NOS/c1-16(2,3)13-4-6-14(7-5-13)19-11-15(17)12-8-9-18-10-12/h4-7,12,15H,8-11,17H2,1-3H3. The first kappa shape index (κ1) is 14.9. The van der Waals surface area contributed by atoms with Crippen LogP contribution in [0, 0.1) is 5.92 Å². The van der Waals surface area contributed by atoms with Crippen LogP contribution in [-0.4, -0.2) is 25.0 Å². The van der Waals surface area contributed by atoms with E-state index in [4.69, 9.17) is 10.5 Å². The average Bonchev–Trinajstić information content (AvgIpc) is 2.89. The maximum absolute atomic E-state index is 6.23. The van der Waals surface area contributed by atoms with Crippen LogP contribution in [0.1, 0.15) is 32.8 Å². The molecule has 0 amide bonds. The van der Waals surface area contributed by atoms with Crippen LogP contribution in [0.4, 0.5) is 0 Å². The molecule has 1 aromatic carbocycles. The smallest absolute Gasteiger partial charge is 0.0510 e. The zero-order valence-corrected chi connectivity index (χ0v) is 13.0. The molecule has 19 heavy (non-hydrogen) atoms. The van der Waals surface area contributed by atoms with E-state index in [1.807, 2.05) is 11.8 Å². The molecule has 106 valence electrons. The van der Waals surface area contributed by atoms with Gasteiger partial charge < -0.3 is 10.5 Å². The molecule has 1 fully saturated rings. The second kappa shape index (κ2) is 6.29. The summed E-state index contributed by atoms with van der Waals surface area (Å²) in [7, 11) is 0. The van der Waals surface area contributed by atoms with Crippen molar-refractivity contribution in [1.82, 2.24) is 0 Å². The van der Waals surface area contributed by atoms with Gasteiger partial charge in [0.2, 0.25) is 0 Å². The van der Waals surface area contributed by atoms with Gasteiger partial charge in [0.1, 0.15) is 0 Å². The number of nitrogens with two attached hydrogens (primary N) is 1. The fourth-order valence-corrected chi connectivity index (χ4v) is 3.26. The Bertz CT molecular complexity index is 390. The number of thioether (sulfide) groups is 1.